The first-order chi connectivity index (χ1) is 11.6. The summed E-state index contributed by atoms with van der Waals surface area (Å²) in [7, 11) is 2.79. The van der Waals surface area contributed by atoms with Crippen molar-refractivity contribution in [3.8, 4) is 11.5 Å². The molecular formula is C17H24ClNO6. The third-order valence-corrected chi connectivity index (χ3v) is 3.63. The number of ether oxygens (including phenoxy) is 3. The maximum atomic E-state index is 12.5. The van der Waals surface area contributed by atoms with Crippen molar-refractivity contribution >= 4 is 23.5 Å². The first-order valence-electron chi connectivity index (χ1n) is 7.69. The first kappa shape index (κ1) is 21.1. The number of rotatable bonds is 9. The predicted octanol–water partition coefficient (Wildman–Crippen LogP) is 2.60. The molecule has 0 aliphatic heterocycles. The summed E-state index contributed by atoms with van der Waals surface area (Å²) in [6.07, 6.45) is 0. The van der Waals surface area contributed by atoms with E-state index in [-0.39, 0.29) is 23.1 Å². The molecule has 1 unspecified atom stereocenters. The molecule has 0 heterocycles. The minimum atomic E-state index is -1.57. The number of halogens is 1. The second-order valence-corrected chi connectivity index (χ2v) is 6.63. The molecule has 8 heteroatoms. The maximum Gasteiger partial charge on any atom is 0.331 e. The van der Waals surface area contributed by atoms with Crippen molar-refractivity contribution < 1.29 is 28.9 Å². The monoisotopic (exact) mass is 373 g/mol. The van der Waals surface area contributed by atoms with E-state index in [9.17, 15) is 14.7 Å². The van der Waals surface area contributed by atoms with Crippen molar-refractivity contribution in [2.45, 2.75) is 26.3 Å². The number of carboxylic acid groups (broad SMARTS) is 1. The average Bonchev–Trinajstić information content (AvgIpc) is 2.52. The second-order valence-electron chi connectivity index (χ2n) is 6.22. The van der Waals surface area contributed by atoms with E-state index in [0.717, 1.165) is 0 Å². The number of methoxy groups -OCH3 is 2. The fourth-order valence-corrected chi connectivity index (χ4v) is 2.27. The molecule has 0 spiro atoms. The quantitative estimate of drug-likeness (QED) is 0.691. The fourth-order valence-electron chi connectivity index (χ4n) is 2.00. The molecule has 0 aliphatic rings. The smallest absolute Gasteiger partial charge is 0.331 e. The second kappa shape index (κ2) is 8.92. The molecule has 7 nitrogen and oxygen atoms in total. The zero-order valence-corrected chi connectivity index (χ0v) is 15.8. The normalized spacial score (nSPS) is 13.2. The Bertz CT molecular complexity index is 634. The number of carbonyl (C=O) groups excluding carboxylic acids is 1. The third kappa shape index (κ3) is 5.51. The van der Waals surface area contributed by atoms with E-state index in [1.807, 2.05) is 13.8 Å². The van der Waals surface area contributed by atoms with Gasteiger partial charge in [-0.2, -0.15) is 0 Å². The van der Waals surface area contributed by atoms with Crippen LogP contribution in [0, 0.1) is 5.92 Å². The number of carbonyl (C=O) groups is 2. The molecule has 1 atom stereocenters. The SMILES string of the molecule is COCC(C)(NC(=O)c1cc(Cl)c(OCC(C)C)c(OC)c1)C(=O)O. The van der Waals surface area contributed by atoms with Gasteiger partial charge in [-0.1, -0.05) is 25.4 Å². The first-order valence-corrected chi connectivity index (χ1v) is 8.07. The number of nitrogens with one attached hydrogen (secondary N) is 1. The predicted molar refractivity (Wildman–Crippen MR) is 93.7 cm³/mol. The molecule has 0 saturated heterocycles. The number of benzene rings is 1. The van der Waals surface area contributed by atoms with Gasteiger partial charge in [0.1, 0.15) is 0 Å². The fraction of sp³-hybridized carbons (Fsp3) is 0.529. The van der Waals surface area contributed by atoms with E-state index in [2.05, 4.69) is 5.32 Å². The lowest BCUT2D eigenvalue weighted by Gasteiger charge is -2.25. The Morgan fingerprint density at radius 2 is 1.96 bits per heavy atom. The summed E-state index contributed by atoms with van der Waals surface area (Å²) >= 11 is 6.21. The van der Waals surface area contributed by atoms with Gasteiger partial charge in [-0.25, -0.2) is 4.79 Å². The van der Waals surface area contributed by atoms with Crippen molar-refractivity contribution in [2.24, 2.45) is 5.92 Å². The highest BCUT2D eigenvalue weighted by molar-refractivity contribution is 6.32. The van der Waals surface area contributed by atoms with Gasteiger partial charge >= 0.3 is 5.97 Å². The summed E-state index contributed by atoms with van der Waals surface area (Å²) in [4.78, 5) is 23.9. The van der Waals surface area contributed by atoms with Crippen molar-refractivity contribution in [3.63, 3.8) is 0 Å². The number of amides is 1. The van der Waals surface area contributed by atoms with Gasteiger partial charge in [-0.15, -0.1) is 0 Å². The molecule has 25 heavy (non-hydrogen) atoms. The minimum absolute atomic E-state index is 0.155. The summed E-state index contributed by atoms with van der Waals surface area (Å²) < 4.78 is 15.8. The molecule has 2 N–H and O–H groups in total. The van der Waals surface area contributed by atoms with Crippen LogP contribution >= 0.6 is 11.6 Å². The highest BCUT2D eigenvalue weighted by Crippen LogP contribution is 2.36. The zero-order chi connectivity index (χ0) is 19.2. The van der Waals surface area contributed by atoms with E-state index in [0.29, 0.717) is 18.1 Å². The van der Waals surface area contributed by atoms with Crippen molar-refractivity contribution in [2.75, 3.05) is 27.4 Å². The average molecular weight is 374 g/mol. The van der Waals surface area contributed by atoms with Gasteiger partial charge < -0.3 is 24.6 Å². The molecule has 1 rings (SSSR count). The number of hydrogen-bond donors (Lipinski definition) is 2. The molecule has 0 aromatic heterocycles. The molecule has 0 bridgehead atoms. The molecule has 1 aromatic carbocycles. The molecular weight excluding hydrogens is 350 g/mol. The number of hydrogen-bond acceptors (Lipinski definition) is 5. The van der Waals surface area contributed by atoms with Gasteiger partial charge in [0, 0.05) is 12.7 Å². The Hall–Kier alpha value is -1.99. The molecule has 0 fully saturated rings. The van der Waals surface area contributed by atoms with Gasteiger partial charge in [0.05, 0.1) is 25.3 Å². The van der Waals surface area contributed by atoms with Crippen LogP contribution in [-0.2, 0) is 9.53 Å². The largest absolute Gasteiger partial charge is 0.493 e. The van der Waals surface area contributed by atoms with Crippen LogP contribution < -0.4 is 14.8 Å². The Morgan fingerprint density at radius 3 is 2.44 bits per heavy atom. The number of aliphatic carboxylic acids is 1. The third-order valence-electron chi connectivity index (χ3n) is 3.35. The standard InChI is InChI=1S/C17H24ClNO6/c1-10(2)8-25-14-12(18)6-11(7-13(14)24-5)15(20)19-17(3,9-23-4)16(21)22/h6-7,10H,8-9H2,1-5H3,(H,19,20)(H,21,22). The zero-order valence-electron chi connectivity index (χ0n) is 15.0. The molecule has 1 aromatic rings. The van der Waals surface area contributed by atoms with Gasteiger partial charge in [-0.3, -0.25) is 4.79 Å². The molecule has 0 saturated carbocycles. The van der Waals surface area contributed by atoms with Crippen LogP contribution in [0.4, 0.5) is 0 Å². The van der Waals surface area contributed by atoms with Crippen LogP contribution in [0.1, 0.15) is 31.1 Å². The molecule has 0 radical (unpaired) electrons. The number of carboxylic acids is 1. The van der Waals surface area contributed by atoms with E-state index >= 15 is 0 Å². The van der Waals surface area contributed by atoms with Crippen molar-refractivity contribution in [1.29, 1.82) is 0 Å². The van der Waals surface area contributed by atoms with Gasteiger partial charge in [0.15, 0.2) is 17.0 Å². The Kier molecular flexibility index (Phi) is 7.51. The summed E-state index contributed by atoms with van der Waals surface area (Å²) in [6, 6.07) is 2.86. The highest BCUT2D eigenvalue weighted by Gasteiger charge is 2.35. The van der Waals surface area contributed by atoms with Gasteiger partial charge in [0.25, 0.3) is 5.91 Å². The van der Waals surface area contributed by atoms with Crippen molar-refractivity contribution in [1.82, 2.24) is 5.32 Å². The van der Waals surface area contributed by atoms with E-state index in [1.165, 1.54) is 33.3 Å². The van der Waals surface area contributed by atoms with Crippen LogP contribution in [0.5, 0.6) is 11.5 Å². The van der Waals surface area contributed by atoms with Crippen molar-refractivity contribution in [3.05, 3.63) is 22.7 Å². The molecule has 0 aliphatic carbocycles. The Labute approximate surface area is 152 Å². The Balaban J connectivity index is 3.11. The van der Waals surface area contributed by atoms with Gasteiger partial charge in [0.2, 0.25) is 0 Å². The van der Waals surface area contributed by atoms with Gasteiger partial charge in [-0.05, 0) is 25.0 Å². The van der Waals surface area contributed by atoms with Crippen LogP contribution in [0.15, 0.2) is 12.1 Å². The van der Waals surface area contributed by atoms with E-state index in [4.69, 9.17) is 25.8 Å². The topological polar surface area (TPSA) is 94.1 Å². The highest BCUT2D eigenvalue weighted by atomic mass is 35.5. The lowest BCUT2D eigenvalue weighted by molar-refractivity contribution is -0.145. The van der Waals surface area contributed by atoms with Crippen LogP contribution in [0.2, 0.25) is 5.02 Å². The summed E-state index contributed by atoms with van der Waals surface area (Å²) in [6.45, 7) is 5.59. The lowest BCUT2D eigenvalue weighted by atomic mass is 10.0. The summed E-state index contributed by atoms with van der Waals surface area (Å²) in [5.74, 6) is -0.904. The minimum Gasteiger partial charge on any atom is -0.493 e. The van der Waals surface area contributed by atoms with Crippen LogP contribution in [0.25, 0.3) is 0 Å². The van der Waals surface area contributed by atoms with E-state index in [1.54, 1.807) is 0 Å². The molecule has 1 amide bonds. The summed E-state index contributed by atoms with van der Waals surface area (Å²) in [5.41, 5.74) is -1.42. The van der Waals surface area contributed by atoms with Crippen LogP contribution in [0.3, 0.4) is 0 Å². The lowest BCUT2D eigenvalue weighted by Crippen LogP contribution is -2.55. The van der Waals surface area contributed by atoms with Crippen LogP contribution in [-0.4, -0.2) is 50.0 Å². The summed E-state index contributed by atoms with van der Waals surface area (Å²) in [5, 5.41) is 12.0. The molecule has 140 valence electrons. The Morgan fingerprint density at radius 1 is 1.32 bits per heavy atom. The van der Waals surface area contributed by atoms with E-state index < -0.39 is 17.4 Å². The maximum absolute atomic E-state index is 12.5.